The minimum absolute atomic E-state index is 0.0555. The van der Waals surface area contributed by atoms with Gasteiger partial charge in [0.15, 0.2) is 0 Å². The van der Waals surface area contributed by atoms with Crippen LogP contribution in [0, 0.1) is 6.92 Å². The third-order valence-corrected chi connectivity index (χ3v) is 3.64. The number of aliphatic hydroxyl groups is 1. The summed E-state index contributed by atoms with van der Waals surface area (Å²) >= 11 is 0. The van der Waals surface area contributed by atoms with Gasteiger partial charge in [0.1, 0.15) is 11.5 Å². The van der Waals surface area contributed by atoms with E-state index in [1.54, 1.807) is 24.1 Å². The van der Waals surface area contributed by atoms with Crippen LogP contribution < -0.4 is 0 Å². The standard InChI is InChI=1S/C15H24N4O3/c1-3-22-11-13(20)10-18-6-8-19(9-7-18)15(21)14-4-5-16-12(2)17-14/h4-5,13,20H,3,6-11H2,1-2H3/t13-/m1/s1. The molecule has 0 aliphatic carbocycles. The number of piperazine rings is 1. The molecule has 2 rings (SSSR count). The number of hydrogen-bond acceptors (Lipinski definition) is 6. The van der Waals surface area contributed by atoms with Crippen molar-refractivity contribution in [3.8, 4) is 0 Å². The zero-order valence-corrected chi connectivity index (χ0v) is 13.2. The smallest absolute Gasteiger partial charge is 0.272 e. The van der Waals surface area contributed by atoms with Gasteiger partial charge in [-0.3, -0.25) is 9.69 Å². The number of hydrogen-bond donors (Lipinski definition) is 1. The average molecular weight is 308 g/mol. The van der Waals surface area contributed by atoms with E-state index in [9.17, 15) is 9.90 Å². The maximum absolute atomic E-state index is 12.4. The monoisotopic (exact) mass is 308 g/mol. The molecule has 1 N–H and O–H groups in total. The molecule has 1 aromatic heterocycles. The Balaban J connectivity index is 1.80. The minimum atomic E-state index is -0.480. The van der Waals surface area contributed by atoms with Gasteiger partial charge in [-0.05, 0) is 19.9 Å². The van der Waals surface area contributed by atoms with Crippen molar-refractivity contribution >= 4 is 5.91 Å². The minimum Gasteiger partial charge on any atom is -0.389 e. The predicted octanol–water partition coefficient (Wildman–Crippen LogP) is -0.0598. The van der Waals surface area contributed by atoms with Crippen LogP contribution in [0.4, 0.5) is 0 Å². The third-order valence-electron chi connectivity index (χ3n) is 3.64. The summed E-state index contributed by atoms with van der Waals surface area (Å²) in [6, 6.07) is 1.65. The van der Waals surface area contributed by atoms with Gasteiger partial charge in [0.05, 0.1) is 12.7 Å². The maximum atomic E-state index is 12.4. The number of nitrogens with zero attached hydrogens (tertiary/aromatic N) is 4. The Morgan fingerprint density at radius 2 is 2.14 bits per heavy atom. The number of ether oxygens (including phenoxy) is 1. The Bertz CT molecular complexity index is 489. The van der Waals surface area contributed by atoms with Gasteiger partial charge in [0.25, 0.3) is 5.91 Å². The summed E-state index contributed by atoms with van der Waals surface area (Å²) in [4.78, 5) is 24.5. The second kappa shape index (κ2) is 8.17. The first-order valence-corrected chi connectivity index (χ1v) is 7.67. The maximum Gasteiger partial charge on any atom is 0.272 e. The molecular formula is C15H24N4O3. The lowest BCUT2D eigenvalue weighted by Crippen LogP contribution is -2.51. The summed E-state index contributed by atoms with van der Waals surface area (Å²) in [5.41, 5.74) is 0.442. The Hall–Kier alpha value is -1.57. The van der Waals surface area contributed by atoms with Crippen LogP contribution in [-0.2, 0) is 4.74 Å². The molecule has 2 heterocycles. The number of carbonyl (C=O) groups is 1. The van der Waals surface area contributed by atoms with Gasteiger partial charge in [-0.1, -0.05) is 0 Å². The van der Waals surface area contributed by atoms with Gasteiger partial charge >= 0.3 is 0 Å². The van der Waals surface area contributed by atoms with Gasteiger partial charge in [-0.2, -0.15) is 0 Å². The van der Waals surface area contributed by atoms with E-state index >= 15 is 0 Å². The van der Waals surface area contributed by atoms with Crippen molar-refractivity contribution in [2.45, 2.75) is 20.0 Å². The molecule has 0 bridgehead atoms. The molecule has 1 aromatic rings. The van der Waals surface area contributed by atoms with E-state index in [-0.39, 0.29) is 5.91 Å². The van der Waals surface area contributed by atoms with E-state index < -0.39 is 6.10 Å². The molecule has 1 atom stereocenters. The molecule has 7 nitrogen and oxygen atoms in total. The van der Waals surface area contributed by atoms with Crippen LogP contribution in [0.25, 0.3) is 0 Å². The summed E-state index contributed by atoms with van der Waals surface area (Å²) in [5, 5.41) is 9.85. The zero-order chi connectivity index (χ0) is 15.9. The summed E-state index contributed by atoms with van der Waals surface area (Å²) in [5.74, 6) is 0.545. The van der Waals surface area contributed by atoms with Crippen molar-refractivity contribution in [3.63, 3.8) is 0 Å². The molecule has 22 heavy (non-hydrogen) atoms. The number of aromatic nitrogens is 2. The highest BCUT2D eigenvalue weighted by molar-refractivity contribution is 5.92. The summed E-state index contributed by atoms with van der Waals surface area (Å²) < 4.78 is 5.21. The van der Waals surface area contributed by atoms with Crippen molar-refractivity contribution in [1.82, 2.24) is 19.8 Å². The second-order valence-electron chi connectivity index (χ2n) is 5.40. The van der Waals surface area contributed by atoms with Gasteiger partial charge in [-0.25, -0.2) is 9.97 Å². The van der Waals surface area contributed by atoms with Crippen LogP contribution in [0.3, 0.4) is 0 Å². The zero-order valence-electron chi connectivity index (χ0n) is 13.2. The predicted molar refractivity (Wildman–Crippen MR) is 81.6 cm³/mol. The van der Waals surface area contributed by atoms with Crippen LogP contribution in [0.1, 0.15) is 23.2 Å². The number of amides is 1. The molecule has 122 valence electrons. The van der Waals surface area contributed by atoms with E-state index in [0.717, 1.165) is 13.1 Å². The summed E-state index contributed by atoms with van der Waals surface area (Å²) in [7, 11) is 0. The Labute approximate surface area is 130 Å². The van der Waals surface area contributed by atoms with Crippen LogP contribution in [0.2, 0.25) is 0 Å². The Morgan fingerprint density at radius 1 is 1.41 bits per heavy atom. The number of rotatable bonds is 6. The molecule has 0 spiro atoms. The quantitative estimate of drug-likeness (QED) is 0.793. The number of carbonyl (C=O) groups excluding carboxylic acids is 1. The fraction of sp³-hybridized carbons (Fsp3) is 0.667. The highest BCUT2D eigenvalue weighted by Gasteiger charge is 2.24. The lowest BCUT2D eigenvalue weighted by atomic mass is 10.2. The first kappa shape index (κ1) is 16.8. The molecule has 1 aliphatic heterocycles. The number of β-amino-alcohol motifs (C(OH)–C–C–N with tert-alkyl or cyclic N) is 1. The highest BCUT2D eigenvalue weighted by Crippen LogP contribution is 2.08. The molecule has 1 aliphatic rings. The van der Waals surface area contributed by atoms with Crippen molar-refractivity contribution in [1.29, 1.82) is 0 Å². The molecule has 1 fully saturated rings. The van der Waals surface area contributed by atoms with Crippen molar-refractivity contribution in [2.24, 2.45) is 0 Å². The van der Waals surface area contributed by atoms with Gasteiger partial charge in [-0.15, -0.1) is 0 Å². The highest BCUT2D eigenvalue weighted by atomic mass is 16.5. The van der Waals surface area contributed by atoms with Gasteiger partial charge < -0.3 is 14.7 Å². The SMILES string of the molecule is CCOC[C@H](O)CN1CCN(C(=O)c2ccnc(C)n2)CC1. The normalized spacial score (nSPS) is 17.5. The molecule has 1 amide bonds. The van der Waals surface area contributed by atoms with Crippen molar-refractivity contribution in [2.75, 3.05) is 45.9 Å². The topological polar surface area (TPSA) is 78.8 Å². The van der Waals surface area contributed by atoms with Crippen molar-refractivity contribution < 1.29 is 14.6 Å². The number of aliphatic hydroxyl groups excluding tert-OH is 1. The Kier molecular flexibility index (Phi) is 6.23. The Morgan fingerprint density at radius 3 is 2.77 bits per heavy atom. The first-order valence-electron chi connectivity index (χ1n) is 7.67. The molecule has 0 unspecified atom stereocenters. The largest absolute Gasteiger partial charge is 0.389 e. The fourth-order valence-corrected chi connectivity index (χ4v) is 2.48. The van der Waals surface area contributed by atoms with Crippen molar-refractivity contribution in [3.05, 3.63) is 23.8 Å². The van der Waals surface area contributed by atoms with Crippen LogP contribution in [0.5, 0.6) is 0 Å². The molecule has 1 saturated heterocycles. The van der Waals surface area contributed by atoms with E-state index in [1.165, 1.54) is 0 Å². The third kappa shape index (κ3) is 4.72. The van der Waals surface area contributed by atoms with E-state index in [1.807, 2.05) is 6.92 Å². The fourth-order valence-electron chi connectivity index (χ4n) is 2.48. The molecular weight excluding hydrogens is 284 g/mol. The molecule has 0 radical (unpaired) electrons. The average Bonchev–Trinajstić information content (AvgIpc) is 2.53. The number of aryl methyl sites for hydroxylation is 1. The molecule has 0 saturated carbocycles. The van der Waals surface area contributed by atoms with E-state index in [2.05, 4.69) is 14.9 Å². The first-order chi connectivity index (χ1) is 10.6. The second-order valence-corrected chi connectivity index (χ2v) is 5.40. The van der Waals surface area contributed by atoms with Crippen LogP contribution in [0.15, 0.2) is 12.3 Å². The molecule has 0 aromatic carbocycles. The van der Waals surface area contributed by atoms with Gasteiger partial charge in [0, 0.05) is 45.5 Å². The summed E-state index contributed by atoms with van der Waals surface area (Å²) in [6.45, 7) is 8.01. The lowest BCUT2D eigenvalue weighted by Gasteiger charge is -2.35. The van der Waals surface area contributed by atoms with Gasteiger partial charge in [0.2, 0.25) is 0 Å². The molecule has 7 heteroatoms. The lowest BCUT2D eigenvalue weighted by molar-refractivity contribution is 0.0110. The summed E-state index contributed by atoms with van der Waals surface area (Å²) in [6.07, 6.45) is 1.13. The van der Waals surface area contributed by atoms with E-state index in [4.69, 9.17) is 4.74 Å². The van der Waals surface area contributed by atoms with Crippen LogP contribution >= 0.6 is 0 Å². The van der Waals surface area contributed by atoms with Crippen LogP contribution in [-0.4, -0.2) is 82.8 Å². The van der Waals surface area contributed by atoms with E-state index in [0.29, 0.717) is 44.4 Å².